The van der Waals surface area contributed by atoms with E-state index >= 15 is 0 Å². The molecule has 0 aliphatic rings. The van der Waals surface area contributed by atoms with E-state index in [0.29, 0.717) is 28.1 Å². The summed E-state index contributed by atoms with van der Waals surface area (Å²) in [7, 11) is 0. The fraction of sp³-hybridized carbons (Fsp3) is 0.0952. The minimum absolute atomic E-state index is 0.210. The van der Waals surface area contributed by atoms with E-state index in [-0.39, 0.29) is 5.91 Å². The van der Waals surface area contributed by atoms with E-state index in [9.17, 15) is 4.79 Å². The van der Waals surface area contributed by atoms with Gasteiger partial charge in [0.1, 0.15) is 0 Å². The van der Waals surface area contributed by atoms with Crippen LogP contribution in [0.4, 0.5) is 5.69 Å². The van der Waals surface area contributed by atoms with Crippen molar-refractivity contribution in [3.05, 3.63) is 77.6 Å². The Balaban J connectivity index is 1.67. The first-order valence-electron chi connectivity index (χ1n) is 8.49. The molecule has 5 nitrogen and oxygen atoms in total. The molecule has 2 aromatic heterocycles. The number of carbonyl (C=O) groups is 1. The van der Waals surface area contributed by atoms with Crippen LogP contribution in [0.25, 0.3) is 11.1 Å². The third-order valence-corrected chi connectivity index (χ3v) is 5.18. The summed E-state index contributed by atoms with van der Waals surface area (Å²) in [6.45, 7) is 3.63. The average molecular weight is 375 g/mol. The highest BCUT2D eigenvalue weighted by Crippen LogP contribution is 2.33. The lowest BCUT2D eigenvalue weighted by Crippen LogP contribution is -2.13. The van der Waals surface area contributed by atoms with E-state index in [0.717, 1.165) is 15.5 Å². The lowest BCUT2D eigenvalue weighted by atomic mass is 10.1. The minimum atomic E-state index is -0.210. The molecule has 0 atom stereocenters. The molecule has 2 heterocycles. The van der Waals surface area contributed by atoms with E-state index in [2.05, 4.69) is 15.5 Å². The Hall–Kier alpha value is -3.12. The summed E-state index contributed by atoms with van der Waals surface area (Å²) >= 11 is 1.61. The van der Waals surface area contributed by atoms with Crippen LogP contribution in [-0.2, 0) is 0 Å². The molecule has 134 valence electrons. The van der Waals surface area contributed by atoms with Gasteiger partial charge in [-0.1, -0.05) is 47.3 Å². The zero-order valence-corrected chi connectivity index (χ0v) is 15.7. The first kappa shape index (κ1) is 17.3. The SMILES string of the molecule is Cc1cc(C(=O)Nc2ccccc2Sc2ccccc2)c2c(C)noc2n1. The Morgan fingerprint density at radius 2 is 1.78 bits per heavy atom. The van der Waals surface area contributed by atoms with Gasteiger partial charge in [0.15, 0.2) is 0 Å². The molecular formula is C21H17N3O2S. The predicted octanol–water partition coefficient (Wildman–Crippen LogP) is 5.24. The maximum atomic E-state index is 13.0. The number of pyridine rings is 1. The molecule has 4 aromatic rings. The number of para-hydroxylation sites is 1. The van der Waals surface area contributed by atoms with E-state index in [4.69, 9.17) is 4.52 Å². The number of fused-ring (bicyclic) bond motifs is 1. The topological polar surface area (TPSA) is 68.0 Å². The van der Waals surface area contributed by atoms with Crippen LogP contribution in [0, 0.1) is 13.8 Å². The summed E-state index contributed by atoms with van der Waals surface area (Å²) in [5, 5.41) is 7.61. The maximum Gasteiger partial charge on any atom is 0.258 e. The van der Waals surface area contributed by atoms with Crippen molar-refractivity contribution < 1.29 is 9.32 Å². The Labute approximate surface area is 160 Å². The zero-order valence-electron chi connectivity index (χ0n) is 14.9. The summed E-state index contributed by atoms with van der Waals surface area (Å²) in [5.74, 6) is -0.210. The van der Waals surface area contributed by atoms with Crippen LogP contribution in [-0.4, -0.2) is 16.0 Å². The quantitative estimate of drug-likeness (QED) is 0.528. The summed E-state index contributed by atoms with van der Waals surface area (Å²) < 4.78 is 5.23. The van der Waals surface area contributed by atoms with Crippen LogP contribution >= 0.6 is 11.8 Å². The van der Waals surface area contributed by atoms with Crippen molar-refractivity contribution in [2.75, 3.05) is 5.32 Å². The molecule has 0 aliphatic heterocycles. The Kier molecular flexibility index (Phi) is 4.64. The maximum absolute atomic E-state index is 13.0. The lowest BCUT2D eigenvalue weighted by molar-refractivity contribution is 0.102. The van der Waals surface area contributed by atoms with Crippen LogP contribution in [0.15, 0.2) is 75.0 Å². The largest absolute Gasteiger partial charge is 0.336 e. The highest BCUT2D eigenvalue weighted by atomic mass is 32.2. The monoisotopic (exact) mass is 375 g/mol. The predicted molar refractivity (Wildman–Crippen MR) is 106 cm³/mol. The molecule has 0 fully saturated rings. The number of rotatable bonds is 4. The third kappa shape index (κ3) is 3.57. The number of benzene rings is 2. The number of nitrogens with zero attached hydrogens (tertiary/aromatic N) is 2. The van der Waals surface area contributed by atoms with E-state index in [1.807, 2.05) is 61.5 Å². The summed E-state index contributed by atoms with van der Waals surface area (Å²) in [5.41, 5.74) is 3.00. The van der Waals surface area contributed by atoms with Crippen molar-refractivity contribution in [1.82, 2.24) is 10.1 Å². The average Bonchev–Trinajstić information content (AvgIpc) is 3.04. The number of hydrogen-bond donors (Lipinski definition) is 1. The van der Waals surface area contributed by atoms with E-state index in [1.165, 1.54) is 0 Å². The van der Waals surface area contributed by atoms with Crippen molar-refractivity contribution in [1.29, 1.82) is 0 Å². The normalized spacial score (nSPS) is 10.9. The second-order valence-electron chi connectivity index (χ2n) is 6.12. The highest BCUT2D eigenvalue weighted by Gasteiger charge is 2.18. The Morgan fingerprint density at radius 1 is 1.04 bits per heavy atom. The first-order chi connectivity index (χ1) is 13.1. The van der Waals surface area contributed by atoms with Gasteiger partial charge in [-0.2, -0.15) is 0 Å². The molecule has 1 amide bonds. The second-order valence-corrected chi connectivity index (χ2v) is 7.24. The molecule has 0 radical (unpaired) electrons. The van der Waals surface area contributed by atoms with Gasteiger partial charge in [-0.25, -0.2) is 4.98 Å². The van der Waals surface area contributed by atoms with Crippen molar-refractivity contribution >= 4 is 34.5 Å². The van der Waals surface area contributed by atoms with Gasteiger partial charge in [0.2, 0.25) is 0 Å². The van der Waals surface area contributed by atoms with Crippen molar-refractivity contribution in [2.45, 2.75) is 23.6 Å². The molecule has 0 bridgehead atoms. The number of nitrogens with one attached hydrogen (secondary N) is 1. The number of anilines is 1. The van der Waals surface area contributed by atoms with Crippen molar-refractivity contribution in [3.8, 4) is 0 Å². The fourth-order valence-corrected chi connectivity index (χ4v) is 3.78. The number of aryl methyl sites for hydroxylation is 2. The summed E-state index contributed by atoms with van der Waals surface area (Å²) in [6, 6.07) is 19.6. The molecule has 0 aliphatic carbocycles. The van der Waals surface area contributed by atoms with Gasteiger partial charge in [-0.15, -0.1) is 0 Å². The van der Waals surface area contributed by atoms with Gasteiger partial charge >= 0.3 is 0 Å². The van der Waals surface area contributed by atoms with Gasteiger partial charge in [0.25, 0.3) is 11.6 Å². The van der Waals surface area contributed by atoms with Crippen LogP contribution < -0.4 is 5.32 Å². The third-order valence-electron chi connectivity index (χ3n) is 4.10. The number of carbonyl (C=O) groups excluding carboxylic acids is 1. The van der Waals surface area contributed by atoms with Gasteiger partial charge in [-0.3, -0.25) is 4.79 Å². The number of hydrogen-bond acceptors (Lipinski definition) is 5. The molecular weight excluding hydrogens is 358 g/mol. The number of aromatic nitrogens is 2. The van der Waals surface area contributed by atoms with Crippen molar-refractivity contribution in [2.24, 2.45) is 0 Å². The molecule has 0 saturated heterocycles. The van der Waals surface area contributed by atoms with Gasteiger partial charge in [-0.05, 0) is 44.2 Å². The first-order valence-corrected chi connectivity index (χ1v) is 9.30. The molecule has 0 saturated carbocycles. The number of amides is 1. The standard InChI is InChI=1S/C21H17N3O2S/c1-13-12-16(19-14(2)24-26-21(19)22-13)20(25)23-17-10-6-7-11-18(17)27-15-8-4-3-5-9-15/h3-12H,1-2H3,(H,23,25). The Bertz CT molecular complexity index is 1120. The minimum Gasteiger partial charge on any atom is -0.336 e. The van der Waals surface area contributed by atoms with E-state index < -0.39 is 0 Å². The zero-order chi connectivity index (χ0) is 18.8. The molecule has 6 heteroatoms. The summed E-state index contributed by atoms with van der Waals surface area (Å²) in [6.07, 6.45) is 0. The fourth-order valence-electron chi connectivity index (χ4n) is 2.86. The Morgan fingerprint density at radius 3 is 2.59 bits per heavy atom. The lowest BCUT2D eigenvalue weighted by Gasteiger charge is -2.11. The van der Waals surface area contributed by atoms with Crippen LogP contribution in [0.2, 0.25) is 0 Å². The van der Waals surface area contributed by atoms with Crippen LogP contribution in [0.5, 0.6) is 0 Å². The summed E-state index contributed by atoms with van der Waals surface area (Å²) in [4.78, 5) is 19.4. The van der Waals surface area contributed by atoms with Gasteiger partial charge < -0.3 is 9.84 Å². The molecule has 1 N–H and O–H groups in total. The molecule has 4 rings (SSSR count). The molecule has 27 heavy (non-hydrogen) atoms. The smallest absolute Gasteiger partial charge is 0.258 e. The van der Waals surface area contributed by atoms with Gasteiger partial charge in [0.05, 0.1) is 22.3 Å². The van der Waals surface area contributed by atoms with Gasteiger partial charge in [0, 0.05) is 15.5 Å². The van der Waals surface area contributed by atoms with E-state index in [1.54, 1.807) is 24.8 Å². The highest BCUT2D eigenvalue weighted by molar-refractivity contribution is 7.99. The molecule has 2 aromatic carbocycles. The van der Waals surface area contributed by atoms with Crippen molar-refractivity contribution in [3.63, 3.8) is 0 Å². The molecule has 0 unspecified atom stereocenters. The van der Waals surface area contributed by atoms with Crippen LogP contribution in [0.1, 0.15) is 21.7 Å². The second kappa shape index (κ2) is 7.25. The molecule has 0 spiro atoms. The van der Waals surface area contributed by atoms with Crippen LogP contribution in [0.3, 0.4) is 0 Å².